The summed E-state index contributed by atoms with van der Waals surface area (Å²) in [5, 5.41) is 0. The molecule has 3 nitrogen and oxygen atoms in total. The van der Waals surface area contributed by atoms with E-state index in [0.29, 0.717) is 0 Å². The summed E-state index contributed by atoms with van der Waals surface area (Å²) in [5.41, 5.74) is 0. The molecule has 0 amide bonds. The standard InChI is InChI=1S/C15H25NO2/c1-10(15(17)18-2)7-11-8-13-12-3-5-16(6-4-12)14(13)9-11/h10-14H,3-9H2,1-2H3. The first-order chi connectivity index (χ1) is 8.69. The summed E-state index contributed by atoms with van der Waals surface area (Å²) in [7, 11) is 1.50. The Kier molecular flexibility index (Phi) is 3.35. The van der Waals surface area contributed by atoms with Crippen LogP contribution in [0.15, 0.2) is 0 Å². The predicted octanol–water partition coefficient (Wildman–Crippen LogP) is 2.31. The number of carbonyl (C=O) groups is 1. The van der Waals surface area contributed by atoms with Gasteiger partial charge in [0.05, 0.1) is 13.0 Å². The number of piperidine rings is 3. The molecular weight excluding hydrogens is 226 g/mol. The molecule has 0 spiro atoms. The maximum absolute atomic E-state index is 11.5. The van der Waals surface area contributed by atoms with E-state index in [4.69, 9.17) is 4.74 Å². The van der Waals surface area contributed by atoms with E-state index in [1.807, 2.05) is 6.92 Å². The molecule has 3 saturated heterocycles. The normalized spacial score (nSPS) is 43.6. The van der Waals surface area contributed by atoms with E-state index in [1.165, 1.54) is 45.9 Å². The van der Waals surface area contributed by atoms with Crippen molar-refractivity contribution in [3.63, 3.8) is 0 Å². The highest BCUT2D eigenvalue weighted by Gasteiger charge is 2.47. The van der Waals surface area contributed by atoms with Crippen molar-refractivity contribution in [1.29, 1.82) is 0 Å². The number of esters is 1. The highest BCUT2D eigenvalue weighted by atomic mass is 16.5. The number of fused-ring (bicyclic) bond motifs is 2. The van der Waals surface area contributed by atoms with Crippen molar-refractivity contribution >= 4 is 5.97 Å². The topological polar surface area (TPSA) is 29.5 Å². The van der Waals surface area contributed by atoms with Gasteiger partial charge in [-0.2, -0.15) is 0 Å². The number of ether oxygens (including phenoxy) is 1. The van der Waals surface area contributed by atoms with E-state index in [9.17, 15) is 4.79 Å². The van der Waals surface area contributed by atoms with Gasteiger partial charge in [0.15, 0.2) is 0 Å². The van der Waals surface area contributed by atoms with Crippen LogP contribution in [0.4, 0.5) is 0 Å². The van der Waals surface area contributed by atoms with Gasteiger partial charge in [-0.25, -0.2) is 0 Å². The minimum atomic E-state index is -0.0341. The minimum Gasteiger partial charge on any atom is -0.469 e. The molecule has 0 aromatic rings. The van der Waals surface area contributed by atoms with Gasteiger partial charge in [0.1, 0.15) is 0 Å². The molecule has 0 radical (unpaired) electrons. The fraction of sp³-hybridized carbons (Fsp3) is 0.933. The summed E-state index contributed by atoms with van der Waals surface area (Å²) < 4.78 is 4.85. The van der Waals surface area contributed by atoms with E-state index in [0.717, 1.165) is 30.2 Å². The van der Waals surface area contributed by atoms with Crippen molar-refractivity contribution in [1.82, 2.24) is 4.90 Å². The number of methoxy groups -OCH3 is 1. The van der Waals surface area contributed by atoms with Crippen LogP contribution in [0.5, 0.6) is 0 Å². The van der Waals surface area contributed by atoms with E-state index in [2.05, 4.69) is 4.90 Å². The molecular formula is C15H25NO2. The molecule has 4 rings (SSSR count). The third-order valence-electron chi connectivity index (χ3n) is 5.61. The maximum Gasteiger partial charge on any atom is 0.308 e. The second-order valence-corrected chi connectivity index (χ2v) is 6.60. The number of carbonyl (C=O) groups excluding carboxylic acids is 1. The minimum absolute atomic E-state index is 0.0341. The Morgan fingerprint density at radius 1 is 1.33 bits per heavy atom. The van der Waals surface area contributed by atoms with Crippen LogP contribution in [0.2, 0.25) is 0 Å². The molecule has 18 heavy (non-hydrogen) atoms. The summed E-state index contributed by atoms with van der Waals surface area (Å²) in [4.78, 5) is 14.2. The quantitative estimate of drug-likeness (QED) is 0.721. The Morgan fingerprint density at radius 2 is 2.06 bits per heavy atom. The van der Waals surface area contributed by atoms with Crippen LogP contribution in [0.3, 0.4) is 0 Å². The Bertz CT molecular complexity index is 302. The van der Waals surface area contributed by atoms with Crippen LogP contribution in [0.1, 0.15) is 39.0 Å². The van der Waals surface area contributed by atoms with Gasteiger partial charge in [0.2, 0.25) is 0 Å². The lowest BCUT2D eigenvalue weighted by Gasteiger charge is -2.48. The zero-order chi connectivity index (χ0) is 12.7. The SMILES string of the molecule is COC(=O)C(C)CC1CC2C3CCN(CC3)C2C1. The van der Waals surface area contributed by atoms with Crippen LogP contribution in [0, 0.1) is 23.7 Å². The molecule has 4 aliphatic rings. The van der Waals surface area contributed by atoms with E-state index < -0.39 is 0 Å². The van der Waals surface area contributed by atoms with Crippen molar-refractivity contribution in [3.8, 4) is 0 Å². The van der Waals surface area contributed by atoms with Gasteiger partial charge in [-0.05, 0) is 62.9 Å². The largest absolute Gasteiger partial charge is 0.469 e. The molecule has 2 bridgehead atoms. The smallest absolute Gasteiger partial charge is 0.308 e. The van der Waals surface area contributed by atoms with E-state index in [1.54, 1.807) is 0 Å². The third-order valence-corrected chi connectivity index (χ3v) is 5.61. The van der Waals surface area contributed by atoms with Crippen LogP contribution < -0.4 is 0 Å². The number of hydrogen-bond acceptors (Lipinski definition) is 3. The third kappa shape index (κ3) is 2.07. The van der Waals surface area contributed by atoms with Gasteiger partial charge in [0.25, 0.3) is 0 Å². The molecule has 0 aromatic heterocycles. The fourth-order valence-corrected chi connectivity index (χ4v) is 4.75. The van der Waals surface area contributed by atoms with Gasteiger partial charge in [-0.1, -0.05) is 6.92 Å². The highest BCUT2D eigenvalue weighted by Crippen LogP contribution is 2.49. The van der Waals surface area contributed by atoms with Crippen LogP contribution in [-0.2, 0) is 9.53 Å². The van der Waals surface area contributed by atoms with Gasteiger partial charge in [-0.3, -0.25) is 4.79 Å². The average Bonchev–Trinajstić information content (AvgIpc) is 2.84. The van der Waals surface area contributed by atoms with E-state index in [-0.39, 0.29) is 11.9 Å². The van der Waals surface area contributed by atoms with Gasteiger partial charge >= 0.3 is 5.97 Å². The number of hydrogen-bond donors (Lipinski definition) is 0. The van der Waals surface area contributed by atoms with Crippen molar-refractivity contribution in [2.75, 3.05) is 20.2 Å². The molecule has 1 saturated carbocycles. The monoisotopic (exact) mass is 251 g/mol. The Balaban J connectivity index is 1.60. The zero-order valence-corrected chi connectivity index (χ0v) is 11.6. The molecule has 0 N–H and O–H groups in total. The first-order valence-corrected chi connectivity index (χ1v) is 7.51. The molecule has 0 aromatic carbocycles. The molecule has 3 aliphatic heterocycles. The Hall–Kier alpha value is -0.570. The zero-order valence-electron chi connectivity index (χ0n) is 11.6. The second-order valence-electron chi connectivity index (χ2n) is 6.60. The lowest BCUT2D eigenvalue weighted by atomic mass is 9.75. The Morgan fingerprint density at radius 3 is 2.67 bits per heavy atom. The molecule has 102 valence electrons. The van der Waals surface area contributed by atoms with Crippen LogP contribution >= 0.6 is 0 Å². The lowest BCUT2D eigenvalue weighted by molar-refractivity contribution is -0.145. The van der Waals surface area contributed by atoms with E-state index >= 15 is 0 Å². The van der Waals surface area contributed by atoms with Crippen LogP contribution in [0.25, 0.3) is 0 Å². The number of rotatable bonds is 3. The average molecular weight is 251 g/mol. The second kappa shape index (κ2) is 4.84. The fourth-order valence-electron chi connectivity index (χ4n) is 4.75. The van der Waals surface area contributed by atoms with Crippen molar-refractivity contribution in [2.45, 2.75) is 45.1 Å². The molecule has 1 aliphatic carbocycles. The molecule has 3 heteroatoms. The highest BCUT2D eigenvalue weighted by molar-refractivity contribution is 5.71. The summed E-state index contributed by atoms with van der Waals surface area (Å²) >= 11 is 0. The van der Waals surface area contributed by atoms with Gasteiger partial charge in [-0.15, -0.1) is 0 Å². The molecule has 4 fully saturated rings. The molecule has 3 heterocycles. The number of nitrogens with zero attached hydrogens (tertiary/aromatic N) is 1. The summed E-state index contributed by atoms with van der Waals surface area (Å²) in [6, 6.07) is 0.840. The summed E-state index contributed by atoms with van der Waals surface area (Å²) in [5.74, 6) is 2.71. The summed E-state index contributed by atoms with van der Waals surface area (Å²) in [6.45, 7) is 4.67. The van der Waals surface area contributed by atoms with Crippen LogP contribution in [-0.4, -0.2) is 37.1 Å². The molecule has 4 unspecified atom stereocenters. The van der Waals surface area contributed by atoms with Gasteiger partial charge in [0, 0.05) is 6.04 Å². The first-order valence-electron chi connectivity index (χ1n) is 7.51. The van der Waals surface area contributed by atoms with Crippen molar-refractivity contribution in [2.24, 2.45) is 23.7 Å². The van der Waals surface area contributed by atoms with Crippen molar-refractivity contribution in [3.05, 3.63) is 0 Å². The Labute approximate surface area is 110 Å². The van der Waals surface area contributed by atoms with Gasteiger partial charge < -0.3 is 9.64 Å². The first kappa shape index (κ1) is 12.5. The molecule has 4 atom stereocenters. The van der Waals surface area contributed by atoms with Crippen molar-refractivity contribution < 1.29 is 9.53 Å². The summed E-state index contributed by atoms with van der Waals surface area (Å²) in [6.07, 6.45) is 6.54. The predicted molar refractivity (Wildman–Crippen MR) is 70.1 cm³/mol. The maximum atomic E-state index is 11.5. The lowest BCUT2D eigenvalue weighted by Crippen LogP contribution is -2.52.